The van der Waals surface area contributed by atoms with Crippen LogP contribution in [0.4, 0.5) is 5.82 Å². The standard InChI is InChI=1S/C14H23N7/c1-11(2)7-15-8-12-3-5-20(6-4-12)14-10-16-9-13-17-18-19-21(13)14/h9-12,15H,3-8H2,1-2H3. The van der Waals surface area contributed by atoms with Crippen LogP contribution in [0, 0.1) is 11.8 Å². The van der Waals surface area contributed by atoms with E-state index in [0.29, 0.717) is 11.6 Å². The van der Waals surface area contributed by atoms with Gasteiger partial charge in [0.1, 0.15) is 0 Å². The van der Waals surface area contributed by atoms with Gasteiger partial charge in [0.2, 0.25) is 0 Å². The zero-order valence-corrected chi connectivity index (χ0v) is 12.7. The number of rotatable bonds is 5. The lowest BCUT2D eigenvalue weighted by molar-refractivity contribution is 0.372. The molecule has 0 saturated carbocycles. The Hall–Kier alpha value is -1.76. The van der Waals surface area contributed by atoms with Crippen LogP contribution in [0.5, 0.6) is 0 Å². The minimum atomic E-state index is 0.702. The number of nitrogens with one attached hydrogen (secondary N) is 1. The topological polar surface area (TPSA) is 71.2 Å². The molecular weight excluding hydrogens is 266 g/mol. The van der Waals surface area contributed by atoms with Crippen LogP contribution in [-0.4, -0.2) is 51.2 Å². The Kier molecular flexibility index (Phi) is 4.28. The molecule has 2 aromatic rings. The van der Waals surface area contributed by atoms with Gasteiger partial charge in [-0.25, -0.2) is 0 Å². The quantitative estimate of drug-likeness (QED) is 0.885. The molecule has 2 aromatic heterocycles. The summed E-state index contributed by atoms with van der Waals surface area (Å²) in [6.45, 7) is 8.79. The first-order valence-corrected chi connectivity index (χ1v) is 7.72. The van der Waals surface area contributed by atoms with E-state index in [-0.39, 0.29) is 0 Å². The Morgan fingerprint density at radius 2 is 2.10 bits per heavy atom. The van der Waals surface area contributed by atoms with E-state index < -0.39 is 0 Å². The average molecular weight is 289 g/mol. The Morgan fingerprint density at radius 3 is 2.86 bits per heavy atom. The van der Waals surface area contributed by atoms with E-state index in [9.17, 15) is 0 Å². The van der Waals surface area contributed by atoms with Gasteiger partial charge in [0.15, 0.2) is 11.5 Å². The van der Waals surface area contributed by atoms with Crippen LogP contribution < -0.4 is 10.2 Å². The molecule has 1 saturated heterocycles. The molecule has 0 aromatic carbocycles. The number of aromatic nitrogens is 5. The lowest BCUT2D eigenvalue weighted by Gasteiger charge is -2.33. The molecule has 1 aliphatic rings. The third-order valence-corrected chi connectivity index (χ3v) is 4.01. The van der Waals surface area contributed by atoms with E-state index in [1.807, 2.05) is 6.20 Å². The molecule has 0 amide bonds. The van der Waals surface area contributed by atoms with Gasteiger partial charge in [0.05, 0.1) is 12.4 Å². The van der Waals surface area contributed by atoms with Crippen LogP contribution in [0.1, 0.15) is 26.7 Å². The first-order valence-electron chi connectivity index (χ1n) is 7.72. The monoisotopic (exact) mass is 289 g/mol. The highest BCUT2D eigenvalue weighted by Crippen LogP contribution is 2.22. The van der Waals surface area contributed by atoms with E-state index in [1.165, 1.54) is 12.8 Å². The van der Waals surface area contributed by atoms with E-state index in [2.05, 4.69) is 44.6 Å². The van der Waals surface area contributed by atoms with E-state index in [4.69, 9.17) is 0 Å². The average Bonchev–Trinajstić information content (AvgIpc) is 2.96. The number of anilines is 1. The Balaban J connectivity index is 1.57. The molecule has 3 rings (SSSR count). The van der Waals surface area contributed by atoms with Crippen molar-refractivity contribution in [3.63, 3.8) is 0 Å². The van der Waals surface area contributed by atoms with Gasteiger partial charge in [-0.1, -0.05) is 13.8 Å². The maximum Gasteiger partial charge on any atom is 0.199 e. The number of fused-ring (bicyclic) bond motifs is 1. The molecule has 0 radical (unpaired) electrons. The molecule has 0 spiro atoms. The predicted molar refractivity (Wildman–Crippen MR) is 81.2 cm³/mol. The molecule has 7 heteroatoms. The van der Waals surface area contributed by atoms with Gasteiger partial charge in [-0.15, -0.1) is 5.10 Å². The molecule has 7 nitrogen and oxygen atoms in total. The van der Waals surface area contributed by atoms with Crippen molar-refractivity contribution < 1.29 is 0 Å². The first-order chi connectivity index (χ1) is 10.2. The molecule has 0 atom stereocenters. The minimum Gasteiger partial charge on any atom is -0.355 e. The molecular formula is C14H23N7. The van der Waals surface area contributed by atoms with Crippen molar-refractivity contribution in [2.75, 3.05) is 31.1 Å². The van der Waals surface area contributed by atoms with E-state index >= 15 is 0 Å². The van der Waals surface area contributed by atoms with Crippen molar-refractivity contribution in [2.24, 2.45) is 11.8 Å². The van der Waals surface area contributed by atoms with Crippen molar-refractivity contribution >= 4 is 11.5 Å². The van der Waals surface area contributed by atoms with Crippen molar-refractivity contribution in [1.82, 2.24) is 30.3 Å². The van der Waals surface area contributed by atoms with Gasteiger partial charge in [-0.2, -0.15) is 4.52 Å². The lowest BCUT2D eigenvalue weighted by Crippen LogP contribution is -2.38. The summed E-state index contributed by atoms with van der Waals surface area (Å²) in [6.07, 6.45) is 5.93. The summed E-state index contributed by atoms with van der Waals surface area (Å²) >= 11 is 0. The Bertz CT molecular complexity index is 571. The van der Waals surface area contributed by atoms with Gasteiger partial charge in [0.25, 0.3) is 0 Å². The molecule has 0 aliphatic carbocycles. The highest BCUT2D eigenvalue weighted by Gasteiger charge is 2.21. The van der Waals surface area contributed by atoms with Crippen molar-refractivity contribution in [3.05, 3.63) is 12.4 Å². The summed E-state index contributed by atoms with van der Waals surface area (Å²) in [7, 11) is 0. The Labute approximate surface area is 124 Å². The SMILES string of the molecule is CC(C)CNCC1CCN(c2cncc3nnnn23)CC1. The van der Waals surface area contributed by atoms with Gasteiger partial charge in [0, 0.05) is 13.1 Å². The zero-order valence-electron chi connectivity index (χ0n) is 12.7. The number of tetrazole rings is 1. The van der Waals surface area contributed by atoms with Crippen molar-refractivity contribution in [2.45, 2.75) is 26.7 Å². The van der Waals surface area contributed by atoms with E-state index in [0.717, 1.165) is 37.9 Å². The molecule has 1 N–H and O–H groups in total. The van der Waals surface area contributed by atoms with Gasteiger partial charge in [-0.3, -0.25) is 4.98 Å². The molecule has 0 bridgehead atoms. The second-order valence-electron chi connectivity index (χ2n) is 6.20. The second-order valence-corrected chi connectivity index (χ2v) is 6.20. The largest absolute Gasteiger partial charge is 0.355 e. The summed E-state index contributed by atoms with van der Waals surface area (Å²) in [5.41, 5.74) is 0.702. The first kappa shape index (κ1) is 14.2. The summed E-state index contributed by atoms with van der Waals surface area (Å²) < 4.78 is 1.77. The van der Waals surface area contributed by atoms with E-state index in [1.54, 1.807) is 10.7 Å². The summed E-state index contributed by atoms with van der Waals surface area (Å²) in [6, 6.07) is 0. The van der Waals surface area contributed by atoms with Crippen LogP contribution in [0.3, 0.4) is 0 Å². The number of hydrogen-bond donors (Lipinski definition) is 1. The smallest absolute Gasteiger partial charge is 0.199 e. The van der Waals surface area contributed by atoms with Gasteiger partial charge in [-0.05, 0) is 48.2 Å². The highest BCUT2D eigenvalue weighted by atomic mass is 15.5. The summed E-state index contributed by atoms with van der Waals surface area (Å²) in [5.74, 6) is 2.47. The molecule has 1 fully saturated rings. The minimum absolute atomic E-state index is 0.702. The third kappa shape index (κ3) is 3.29. The predicted octanol–water partition coefficient (Wildman–Crippen LogP) is 0.981. The van der Waals surface area contributed by atoms with Crippen LogP contribution in [0.2, 0.25) is 0 Å². The second kappa shape index (κ2) is 6.34. The molecule has 0 unspecified atom stereocenters. The fraction of sp³-hybridized carbons (Fsp3) is 0.714. The van der Waals surface area contributed by atoms with Gasteiger partial charge < -0.3 is 10.2 Å². The Morgan fingerprint density at radius 1 is 1.29 bits per heavy atom. The number of piperidine rings is 1. The fourth-order valence-corrected chi connectivity index (χ4v) is 2.82. The lowest BCUT2D eigenvalue weighted by atomic mass is 9.96. The van der Waals surface area contributed by atoms with Crippen LogP contribution >= 0.6 is 0 Å². The summed E-state index contributed by atoms with van der Waals surface area (Å²) in [5, 5.41) is 15.3. The fourth-order valence-electron chi connectivity index (χ4n) is 2.82. The maximum absolute atomic E-state index is 4.23. The van der Waals surface area contributed by atoms with Crippen LogP contribution in [0.15, 0.2) is 12.4 Å². The normalized spacial score (nSPS) is 17.0. The zero-order chi connectivity index (χ0) is 14.7. The van der Waals surface area contributed by atoms with Crippen LogP contribution in [0.25, 0.3) is 5.65 Å². The van der Waals surface area contributed by atoms with Crippen molar-refractivity contribution in [3.8, 4) is 0 Å². The van der Waals surface area contributed by atoms with Crippen LogP contribution in [-0.2, 0) is 0 Å². The number of hydrogen-bond acceptors (Lipinski definition) is 6. The third-order valence-electron chi connectivity index (χ3n) is 4.01. The molecule has 1 aliphatic heterocycles. The van der Waals surface area contributed by atoms with Gasteiger partial charge >= 0.3 is 0 Å². The molecule has 21 heavy (non-hydrogen) atoms. The summed E-state index contributed by atoms with van der Waals surface area (Å²) in [4.78, 5) is 6.56. The maximum atomic E-state index is 4.23. The van der Waals surface area contributed by atoms with Crippen molar-refractivity contribution in [1.29, 1.82) is 0 Å². The number of nitrogens with zero attached hydrogens (tertiary/aromatic N) is 6. The molecule has 3 heterocycles. The molecule has 114 valence electrons. The highest BCUT2D eigenvalue weighted by molar-refractivity contribution is 5.46.